The zero-order valence-corrected chi connectivity index (χ0v) is 20.0. The van der Waals surface area contributed by atoms with Gasteiger partial charge in [-0.2, -0.15) is 0 Å². The van der Waals surface area contributed by atoms with Crippen molar-refractivity contribution < 1.29 is 14.3 Å². The van der Waals surface area contributed by atoms with Crippen LogP contribution >= 0.6 is 0 Å². The molecule has 0 bridgehead atoms. The molecule has 3 aromatic carbocycles. The molecule has 1 aliphatic rings. The minimum absolute atomic E-state index is 0.0349. The fourth-order valence-electron chi connectivity index (χ4n) is 4.57. The van der Waals surface area contributed by atoms with Crippen LogP contribution in [0.2, 0.25) is 0 Å². The van der Waals surface area contributed by atoms with Gasteiger partial charge in [0.25, 0.3) is 5.91 Å². The zero-order chi connectivity index (χ0) is 24.1. The molecule has 4 rings (SSSR count). The van der Waals surface area contributed by atoms with Crippen molar-refractivity contribution in [2.24, 2.45) is 0 Å². The Morgan fingerprint density at radius 3 is 2.47 bits per heavy atom. The third-order valence-electron chi connectivity index (χ3n) is 6.46. The van der Waals surface area contributed by atoms with Gasteiger partial charge in [-0.1, -0.05) is 48.5 Å². The number of methoxy groups -OCH3 is 1. The average molecular weight is 458 g/mol. The van der Waals surface area contributed by atoms with Crippen molar-refractivity contribution in [1.29, 1.82) is 0 Å². The third-order valence-corrected chi connectivity index (χ3v) is 6.46. The van der Waals surface area contributed by atoms with Crippen molar-refractivity contribution in [3.8, 4) is 16.9 Å². The molecule has 0 radical (unpaired) electrons. The van der Waals surface area contributed by atoms with Gasteiger partial charge in [-0.15, -0.1) is 0 Å². The molecular formula is C28H31N3O3. The second-order valence-electron chi connectivity index (χ2n) is 8.55. The Hall–Kier alpha value is -3.64. The van der Waals surface area contributed by atoms with E-state index in [0.29, 0.717) is 25.2 Å². The largest absolute Gasteiger partial charge is 0.496 e. The lowest BCUT2D eigenvalue weighted by Gasteiger charge is -2.41. The summed E-state index contributed by atoms with van der Waals surface area (Å²) < 4.78 is 5.70. The molecule has 2 amide bonds. The molecule has 6 heteroatoms. The molecule has 3 aromatic rings. The van der Waals surface area contributed by atoms with Crippen LogP contribution in [0.1, 0.15) is 34.5 Å². The maximum Gasteiger partial charge on any atom is 0.251 e. The van der Waals surface area contributed by atoms with E-state index in [2.05, 4.69) is 34.5 Å². The van der Waals surface area contributed by atoms with Crippen molar-refractivity contribution in [3.63, 3.8) is 0 Å². The predicted molar refractivity (Wildman–Crippen MR) is 134 cm³/mol. The summed E-state index contributed by atoms with van der Waals surface area (Å²) in [6.07, 6.45) is 0. The summed E-state index contributed by atoms with van der Waals surface area (Å²) in [4.78, 5) is 28.7. The Morgan fingerprint density at radius 2 is 1.76 bits per heavy atom. The summed E-state index contributed by atoms with van der Waals surface area (Å²) in [5.41, 5.74) is 5.01. The highest BCUT2D eigenvalue weighted by Crippen LogP contribution is 2.32. The molecule has 1 saturated heterocycles. The first-order valence-electron chi connectivity index (χ1n) is 11.5. The fourth-order valence-corrected chi connectivity index (χ4v) is 4.57. The van der Waals surface area contributed by atoms with Crippen LogP contribution in [-0.2, 0) is 11.3 Å². The van der Waals surface area contributed by atoms with E-state index in [1.54, 1.807) is 21.1 Å². The van der Waals surface area contributed by atoms with Gasteiger partial charge in [-0.25, -0.2) is 0 Å². The first-order valence-corrected chi connectivity index (χ1v) is 11.5. The number of amides is 2. The standard InChI is InChI=1S/C28H31N3O3/c1-20(32)30-14-15-31(26(19-30)23-10-7-11-24(17-23)28(33)29-2)18-25-16-22(12-13-27(25)34-3)21-8-5-4-6-9-21/h4-13,16-17,26H,14-15,18-19H2,1-3H3,(H,29,33). The lowest BCUT2D eigenvalue weighted by molar-refractivity contribution is -0.132. The number of hydrogen-bond acceptors (Lipinski definition) is 4. The molecule has 1 heterocycles. The van der Waals surface area contributed by atoms with Crippen LogP contribution in [0.3, 0.4) is 0 Å². The van der Waals surface area contributed by atoms with Crippen LogP contribution in [0.5, 0.6) is 5.75 Å². The Labute approximate surface area is 201 Å². The predicted octanol–water partition coefficient (Wildman–Crippen LogP) is 4.13. The summed E-state index contributed by atoms with van der Waals surface area (Å²) >= 11 is 0. The van der Waals surface area contributed by atoms with E-state index < -0.39 is 0 Å². The maximum absolute atomic E-state index is 12.2. The van der Waals surface area contributed by atoms with Crippen LogP contribution in [0.25, 0.3) is 11.1 Å². The van der Waals surface area contributed by atoms with Crippen molar-refractivity contribution in [1.82, 2.24) is 15.1 Å². The molecule has 1 atom stereocenters. The smallest absolute Gasteiger partial charge is 0.251 e. The number of hydrogen-bond donors (Lipinski definition) is 1. The van der Waals surface area contributed by atoms with Crippen molar-refractivity contribution in [3.05, 3.63) is 89.5 Å². The molecule has 0 spiro atoms. The highest BCUT2D eigenvalue weighted by Gasteiger charge is 2.30. The van der Waals surface area contributed by atoms with Gasteiger partial charge in [0.15, 0.2) is 0 Å². The van der Waals surface area contributed by atoms with Crippen LogP contribution in [-0.4, -0.2) is 55.4 Å². The van der Waals surface area contributed by atoms with Crippen molar-refractivity contribution >= 4 is 11.8 Å². The summed E-state index contributed by atoms with van der Waals surface area (Å²) in [6.45, 7) is 4.26. The van der Waals surface area contributed by atoms with Gasteiger partial charge >= 0.3 is 0 Å². The summed E-state index contributed by atoms with van der Waals surface area (Å²) in [5, 5.41) is 2.69. The van der Waals surface area contributed by atoms with Crippen LogP contribution < -0.4 is 10.1 Å². The van der Waals surface area contributed by atoms with Gasteiger partial charge in [0.05, 0.1) is 13.2 Å². The third kappa shape index (κ3) is 5.13. The van der Waals surface area contributed by atoms with E-state index in [-0.39, 0.29) is 17.9 Å². The molecule has 1 aliphatic heterocycles. The number of benzene rings is 3. The average Bonchev–Trinajstić information content (AvgIpc) is 2.88. The number of carbonyl (C=O) groups excluding carboxylic acids is 2. The Balaban J connectivity index is 1.68. The topological polar surface area (TPSA) is 61.9 Å². The molecule has 1 N–H and O–H groups in total. The van der Waals surface area contributed by atoms with Crippen molar-refractivity contribution in [2.75, 3.05) is 33.8 Å². The van der Waals surface area contributed by atoms with E-state index in [9.17, 15) is 9.59 Å². The monoisotopic (exact) mass is 457 g/mol. The lowest BCUT2D eigenvalue weighted by Crippen LogP contribution is -2.49. The second kappa shape index (κ2) is 10.5. The molecule has 0 aromatic heterocycles. The van der Waals surface area contributed by atoms with Crippen LogP contribution in [0, 0.1) is 0 Å². The zero-order valence-electron chi connectivity index (χ0n) is 20.0. The number of nitrogens with zero attached hydrogens (tertiary/aromatic N) is 2. The maximum atomic E-state index is 12.2. The molecule has 34 heavy (non-hydrogen) atoms. The highest BCUT2D eigenvalue weighted by molar-refractivity contribution is 5.94. The van der Waals surface area contributed by atoms with Crippen LogP contribution in [0.15, 0.2) is 72.8 Å². The first kappa shape index (κ1) is 23.5. The van der Waals surface area contributed by atoms with Gasteiger partial charge in [-0.05, 0) is 41.0 Å². The number of piperazine rings is 1. The minimum Gasteiger partial charge on any atom is -0.496 e. The van der Waals surface area contributed by atoms with E-state index in [1.165, 1.54) is 0 Å². The molecule has 1 fully saturated rings. The Morgan fingerprint density at radius 1 is 0.971 bits per heavy atom. The molecule has 176 valence electrons. The summed E-state index contributed by atoms with van der Waals surface area (Å²) in [7, 11) is 3.32. The normalized spacial score (nSPS) is 16.2. The number of rotatable bonds is 6. The van der Waals surface area contributed by atoms with E-state index >= 15 is 0 Å². The van der Waals surface area contributed by atoms with Gasteiger partial charge in [-0.3, -0.25) is 14.5 Å². The van der Waals surface area contributed by atoms with Crippen molar-refractivity contribution in [2.45, 2.75) is 19.5 Å². The van der Waals surface area contributed by atoms with Crippen LogP contribution in [0.4, 0.5) is 0 Å². The quantitative estimate of drug-likeness (QED) is 0.605. The van der Waals surface area contributed by atoms with Gasteiger partial charge in [0, 0.05) is 51.3 Å². The Bertz CT molecular complexity index is 1160. The molecule has 6 nitrogen and oxygen atoms in total. The highest BCUT2D eigenvalue weighted by atomic mass is 16.5. The molecule has 0 aliphatic carbocycles. The molecule has 0 saturated carbocycles. The summed E-state index contributed by atoms with van der Waals surface area (Å²) in [5.74, 6) is 0.784. The fraction of sp³-hybridized carbons (Fsp3) is 0.286. The van der Waals surface area contributed by atoms with E-state index in [0.717, 1.165) is 34.5 Å². The summed E-state index contributed by atoms with van der Waals surface area (Å²) in [6, 6.07) is 24.2. The minimum atomic E-state index is -0.120. The SMILES string of the molecule is CNC(=O)c1cccc(C2CN(C(C)=O)CCN2Cc2cc(-c3ccccc3)ccc2OC)c1. The molecular weight excluding hydrogens is 426 g/mol. The first-order chi connectivity index (χ1) is 16.5. The van der Waals surface area contributed by atoms with Gasteiger partial charge in [0.1, 0.15) is 5.75 Å². The van der Waals surface area contributed by atoms with Gasteiger partial charge < -0.3 is 15.0 Å². The van der Waals surface area contributed by atoms with E-state index in [1.807, 2.05) is 53.4 Å². The van der Waals surface area contributed by atoms with Gasteiger partial charge in [0.2, 0.25) is 5.91 Å². The van der Waals surface area contributed by atoms with E-state index in [4.69, 9.17) is 4.74 Å². The lowest BCUT2D eigenvalue weighted by atomic mass is 9.97. The second-order valence-corrected chi connectivity index (χ2v) is 8.55. The number of carbonyl (C=O) groups is 2. The number of nitrogens with one attached hydrogen (secondary N) is 1. The Kier molecular flexibility index (Phi) is 7.28. The number of ether oxygens (including phenoxy) is 1. The molecule has 1 unspecified atom stereocenters.